The first-order valence-corrected chi connectivity index (χ1v) is 10.3. The van der Waals surface area contributed by atoms with E-state index in [0.29, 0.717) is 22.8 Å². The molecule has 0 unspecified atom stereocenters. The number of benzene rings is 3. The zero-order valence-corrected chi connectivity index (χ0v) is 17.6. The quantitative estimate of drug-likeness (QED) is 0.495. The molecule has 4 nitrogen and oxygen atoms in total. The first-order chi connectivity index (χ1) is 15.0. The van der Waals surface area contributed by atoms with Gasteiger partial charge in [-0.2, -0.15) is 0 Å². The maximum absolute atomic E-state index is 13.5. The van der Waals surface area contributed by atoms with Gasteiger partial charge in [-0.05, 0) is 54.4 Å². The van der Waals surface area contributed by atoms with Crippen molar-refractivity contribution < 1.29 is 14.0 Å². The van der Waals surface area contributed by atoms with Gasteiger partial charge >= 0.3 is 0 Å². The fraction of sp³-hybridized carbons (Fsp3) is 0.120. The summed E-state index contributed by atoms with van der Waals surface area (Å²) in [7, 11) is 0. The number of carbonyl (C=O) groups is 2. The number of halogens is 2. The molecule has 0 radical (unpaired) electrons. The van der Waals surface area contributed by atoms with Crippen LogP contribution in [0.3, 0.4) is 0 Å². The third-order valence-corrected chi connectivity index (χ3v) is 5.44. The van der Waals surface area contributed by atoms with Crippen molar-refractivity contribution in [2.75, 3.05) is 11.4 Å². The molecule has 3 aromatic carbocycles. The Kier molecular flexibility index (Phi) is 5.87. The molecule has 156 valence electrons. The molecule has 0 atom stereocenters. The summed E-state index contributed by atoms with van der Waals surface area (Å²) in [6.07, 6.45) is 0. The number of amides is 2. The minimum Gasteiger partial charge on any atom is -0.337 e. The van der Waals surface area contributed by atoms with E-state index >= 15 is 0 Å². The highest BCUT2D eigenvalue weighted by molar-refractivity contribution is 6.36. The van der Waals surface area contributed by atoms with Crippen LogP contribution in [0.4, 0.5) is 10.1 Å². The van der Waals surface area contributed by atoms with Crippen LogP contribution in [0.1, 0.15) is 18.1 Å². The van der Waals surface area contributed by atoms with E-state index in [2.05, 4.69) is 0 Å². The molecule has 1 aliphatic rings. The highest BCUT2D eigenvalue weighted by Gasteiger charge is 2.41. The molecule has 0 spiro atoms. The van der Waals surface area contributed by atoms with Gasteiger partial charge in [-0.25, -0.2) is 4.39 Å². The molecule has 2 amide bonds. The lowest BCUT2D eigenvalue weighted by atomic mass is 10.0. The van der Waals surface area contributed by atoms with Crippen molar-refractivity contribution in [1.82, 2.24) is 4.90 Å². The van der Waals surface area contributed by atoms with Crippen molar-refractivity contribution in [3.63, 3.8) is 0 Å². The molecule has 0 saturated carbocycles. The van der Waals surface area contributed by atoms with E-state index in [9.17, 15) is 14.0 Å². The zero-order valence-electron chi connectivity index (χ0n) is 16.9. The number of likely N-dealkylation sites (N-methyl/N-ethyl adjacent to an activating group) is 1. The lowest BCUT2D eigenvalue weighted by Gasteiger charge is -2.25. The smallest absolute Gasteiger partial charge is 0.278 e. The van der Waals surface area contributed by atoms with Gasteiger partial charge < -0.3 is 4.90 Å². The summed E-state index contributed by atoms with van der Waals surface area (Å²) in [6, 6.07) is 22.1. The predicted octanol–water partition coefficient (Wildman–Crippen LogP) is 5.29. The van der Waals surface area contributed by atoms with E-state index in [0.717, 1.165) is 11.3 Å². The van der Waals surface area contributed by atoms with Crippen LogP contribution < -0.4 is 4.90 Å². The van der Waals surface area contributed by atoms with Crippen molar-refractivity contribution in [2.24, 2.45) is 0 Å². The zero-order chi connectivity index (χ0) is 22.0. The standard InChI is InChI=1S/C25H20ClFN2O2/c1-2-28(21-6-4-3-5-7-21)23-22(18-10-14-20(27)15-11-18)24(30)29(25(23)31)16-17-8-12-19(26)13-9-17/h3-15H,2,16H2,1H3. The Morgan fingerprint density at radius 2 is 1.52 bits per heavy atom. The largest absolute Gasteiger partial charge is 0.337 e. The average Bonchev–Trinajstić information content (AvgIpc) is 3.02. The molecule has 31 heavy (non-hydrogen) atoms. The molecule has 3 aromatic rings. The SMILES string of the molecule is CCN(C1=C(c2ccc(F)cc2)C(=O)N(Cc2ccc(Cl)cc2)C1=O)c1ccccc1. The fourth-order valence-electron chi connectivity index (χ4n) is 3.68. The van der Waals surface area contributed by atoms with Crippen molar-refractivity contribution in [3.8, 4) is 0 Å². The van der Waals surface area contributed by atoms with Gasteiger partial charge in [0.25, 0.3) is 11.8 Å². The molecule has 6 heteroatoms. The highest BCUT2D eigenvalue weighted by atomic mass is 35.5. The number of hydrogen-bond donors (Lipinski definition) is 0. The molecule has 1 heterocycles. The lowest BCUT2D eigenvalue weighted by Crippen LogP contribution is -2.34. The van der Waals surface area contributed by atoms with Crippen LogP contribution in [0.15, 0.2) is 84.6 Å². The number of hydrogen-bond acceptors (Lipinski definition) is 3. The Bertz CT molecular complexity index is 1140. The van der Waals surface area contributed by atoms with Crippen LogP contribution in [0.5, 0.6) is 0 Å². The summed E-state index contributed by atoms with van der Waals surface area (Å²) in [6.45, 7) is 2.52. The third-order valence-electron chi connectivity index (χ3n) is 5.18. The van der Waals surface area contributed by atoms with E-state index in [4.69, 9.17) is 11.6 Å². The summed E-state index contributed by atoms with van der Waals surface area (Å²) < 4.78 is 13.5. The summed E-state index contributed by atoms with van der Waals surface area (Å²) in [5, 5.41) is 0.579. The van der Waals surface area contributed by atoms with Crippen LogP contribution >= 0.6 is 11.6 Å². The van der Waals surface area contributed by atoms with Gasteiger partial charge in [0, 0.05) is 17.3 Å². The normalized spacial score (nSPS) is 13.8. The number of rotatable bonds is 6. The van der Waals surface area contributed by atoms with Crippen LogP contribution in [-0.4, -0.2) is 23.3 Å². The second-order valence-corrected chi connectivity index (χ2v) is 7.57. The second-order valence-electron chi connectivity index (χ2n) is 7.13. The first-order valence-electron chi connectivity index (χ1n) is 9.93. The Hall–Kier alpha value is -3.44. The molecule has 0 aliphatic carbocycles. The van der Waals surface area contributed by atoms with E-state index in [1.54, 1.807) is 24.3 Å². The van der Waals surface area contributed by atoms with E-state index < -0.39 is 11.7 Å². The first kappa shape index (κ1) is 20.8. The highest BCUT2D eigenvalue weighted by Crippen LogP contribution is 2.35. The maximum atomic E-state index is 13.5. The van der Waals surface area contributed by atoms with Crippen LogP contribution in [0.25, 0.3) is 5.57 Å². The Morgan fingerprint density at radius 3 is 2.13 bits per heavy atom. The Labute approximate surface area is 185 Å². The van der Waals surface area contributed by atoms with Crippen molar-refractivity contribution in [3.05, 3.63) is 107 Å². The maximum Gasteiger partial charge on any atom is 0.278 e. The number of nitrogens with zero attached hydrogens (tertiary/aromatic N) is 2. The molecule has 1 aliphatic heterocycles. The van der Waals surface area contributed by atoms with Crippen LogP contribution in [0, 0.1) is 5.82 Å². The van der Waals surface area contributed by atoms with E-state index in [1.807, 2.05) is 42.2 Å². The van der Waals surface area contributed by atoms with Gasteiger partial charge in [-0.15, -0.1) is 0 Å². The molecular formula is C25H20ClFN2O2. The fourth-order valence-corrected chi connectivity index (χ4v) is 3.81. The molecular weight excluding hydrogens is 415 g/mol. The Balaban J connectivity index is 1.81. The minimum atomic E-state index is -0.407. The Morgan fingerprint density at radius 1 is 0.871 bits per heavy atom. The van der Waals surface area contributed by atoms with Gasteiger partial charge in [0.1, 0.15) is 11.5 Å². The van der Waals surface area contributed by atoms with Gasteiger partial charge in [0.2, 0.25) is 0 Å². The second kappa shape index (κ2) is 8.74. The lowest BCUT2D eigenvalue weighted by molar-refractivity contribution is -0.137. The third kappa shape index (κ3) is 4.09. The topological polar surface area (TPSA) is 40.6 Å². The number of carbonyl (C=O) groups excluding carboxylic acids is 2. The summed E-state index contributed by atoms with van der Waals surface area (Å²) in [5.74, 6) is -1.20. The van der Waals surface area contributed by atoms with E-state index in [1.165, 1.54) is 29.2 Å². The number of para-hydroxylation sites is 1. The van der Waals surface area contributed by atoms with Crippen molar-refractivity contribution in [1.29, 1.82) is 0 Å². The molecule has 4 rings (SSSR count). The monoisotopic (exact) mass is 434 g/mol. The van der Waals surface area contributed by atoms with Crippen LogP contribution in [0.2, 0.25) is 5.02 Å². The van der Waals surface area contributed by atoms with Gasteiger partial charge in [0.15, 0.2) is 0 Å². The summed E-state index contributed by atoms with van der Waals surface area (Å²) >= 11 is 5.96. The summed E-state index contributed by atoms with van der Waals surface area (Å²) in [4.78, 5) is 30.0. The molecule has 0 bridgehead atoms. The van der Waals surface area contributed by atoms with Gasteiger partial charge in [-0.1, -0.05) is 54.1 Å². The molecule has 0 fully saturated rings. The van der Waals surface area contributed by atoms with Crippen LogP contribution in [-0.2, 0) is 16.1 Å². The molecule has 0 aromatic heterocycles. The average molecular weight is 435 g/mol. The van der Waals surface area contributed by atoms with E-state index in [-0.39, 0.29) is 18.0 Å². The molecule has 0 saturated heterocycles. The molecule has 0 N–H and O–H groups in total. The number of anilines is 1. The number of imide groups is 1. The summed E-state index contributed by atoms with van der Waals surface area (Å²) in [5.41, 5.74) is 2.65. The van der Waals surface area contributed by atoms with Gasteiger partial charge in [0.05, 0.1) is 12.1 Å². The van der Waals surface area contributed by atoms with Gasteiger partial charge in [-0.3, -0.25) is 14.5 Å². The van der Waals surface area contributed by atoms with Crippen molar-refractivity contribution in [2.45, 2.75) is 13.5 Å². The van der Waals surface area contributed by atoms with Crippen molar-refractivity contribution >= 4 is 34.7 Å². The predicted molar refractivity (Wildman–Crippen MR) is 120 cm³/mol. The minimum absolute atomic E-state index is 0.120.